The van der Waals surface area contributed by atoms with Crippen LogP contribution in [0.5, 0.6) is 0 Å². The van der Waals surface area contributed by atoms with Gasteiger partial charge >= 0.3 is 0 Å². The van der Waals surface area contributed by atoms with Crippen LogP contribution < -0.4 is 15.4 Å². The molecule has 0 saturated carbocycles. The summed E-state index contributed by atoms with van der Waals surface area (Å²) in [5.41, 5.74) is 0.963. The van der Waals surface area contributed by atoms with Crippen molar-refractivity contribution in [3.8, 4) is 0 Å². The Kier molecular flexibility index (Phi) is 8.68. The van der Waals surface area contributed by atoms with Gasteiger partial charge in [0.25, 0.3) is 0 Å². The van der Waals surface area contributed by atoms with E-state index in [1.54, 1.807) is 42.4 Å². The van der Waals surface area contributed by atoms with E-state index in [2.05, 4.69) is 25.3 Å². The fourth-order valence-electron chi connectivity index (χ4n) is 2.33. The summed E-state index contributed by atoms with van der Waals surface area (Å²) in [4.78, 5) is 20.7. The van der Waals surface area contributed by atoms with Gasteiger partial charge in [-0.25, -0.2) is 18.4 Å². The number of amides is 1. The number of hydrogen-bond acceptors (Lipinski definition) is 7. The molecule has 0 fully saturated rings. The number of hydrogen-bond donors (Lipinski definition) is 3. The Morgan fingerprint density at radius 2 is 1.82 bits per heavy atom. The van der Waals surface area contributed by atoms with E-state index in [1.165, 1.54) is 12.1 Å². The molecule has 0 spiro atoms. The zero-order chi connectivity index (χ0) is 20.4. The van der Waals surface area contributed by atoms with Crippen LogP contribution in [0.2, 0.25) is 0 Å². The third-order valence-electron chi connectivity index (χ3n) is 3.83. The molecular formula is C18H25N5O3S2. The molecule has 1 heterocycles. The van der Waals surface area contributed by atoms with Crippen molar-refractivity contribution >= 4 is 33.6 Å². The van der Waals surface area contributed by atoms with E-state index in [-0.39, 0.29) is 10.8 Å². The summed E-state index contributed by atoms with van der Waals surface area (Å²) in [5, 5.41) is 5.73. The Morgan fingerprint density at radius 1 is 1.14 bits per heavy atom. The van der Waals surface area contributed by atoms with Crippen molar-refractivity contribution in [3.05, 3.63) is 48.3 Å². The predicted octanol–water partition coefficient (Wildman–Crippen LogP) is 1.41. The molecule has 1 amide bonds. The molecule has 3 N–H and O–H groups in total. The lowest BCUT2D eigenvalue weighted by Crippen LogP contribution is -2.47. The Morgan fingerprint density at radius 3 is 2.46 bits per heavy atom. The van der Waals surface area contributed by atoms with Crippen LogP contribution in [-0.2, 0) is 14.8 Å². The van der Waals surface area contributed by atoms with Crippen molar-refractivity contribution in [2.45, 2.75) is 24.3 Å². The average Bonchev–Trinajstić information content (AvgIpc) is 2.69. The SMILES string of the molecule is CSCCC(NS(=O)(=O)c1ccc(C)cc1)C(=O)NCCNc1ncccn1. The van der Waals surface area contributed by atoms with Gasteiger partial charge < -0.3 is 10.6 Å². The topological polar surface area (TPSA) is 113 Å². The zero-order valence-corrected chi connectivity index (χ0v) is 17.5. The van der Waals surface area contributed by atoms with Crippen LogP contribution in [0.1, 0.15) is 12.0 Å². The highest BCUT2D eigenvalue weighted by Gasteiger charge is 2.25. The average molecular weight is 424 g/mol. The first-order chi connectivity index (χ1) is 13.4. The van der Waals surface area contributed by atoms with Crippen LogP contribution in [0.25, 0.3) is 0 Å². The van der Waals surface area contributed by atoms with Crippen LogP contribution >= 0.6 is 11.8 Å². The largest absolute Gasteiger partial charge is 0.353 e. The molecule has 1 aromatic heterocycles. The van der Waals surface area contributed by atoms with E-state index in [4.69, 9.17) is 0 Å². The molecular weight excluding hydrogens is 398 g/mol. The van der Waals surface area contributed by atoms with Crippen molar-refractivity contribution in [3.63, 3.8) is 0 Å². The molecule has 2 rings (SSSR count). The first-order valence-corrected chi connectivity index (χ1v) is 11.7. The summed E-state index contributed by atoms with van der Waals surface area (Å²) in [7, 11) is -3.78. The van der Waals surface area contributed by atoms with Gasteiger partial charge in [-0.2, -0.15) is 16.5 Å². The smallest absolute Gasteiger partial charge is 0.241 e. The molecule has 28 heavy (non-hydrogen) atoms. The third kappa shape index (κ3) is 7.10. The van der Waals surface area contributed by atoms with Gasteiger partial charge in [0.05, 0.1) is 4.90 Å². The molecule has 10 heteroatoms. The Hall–Kier alpha value is -2.17. The lowest BCUT2D eigenvalue weighted by Gasteiger charge is -2.18. The summed E-state index contributed by atoms with van der Waals surface area (Å²) in [5.74, 6) is 0.765. The number of thioether (sulfide) groups is 1. The number of carbonyl (C=O) groups excluding carboxylic acids is 1. The van der Waals surface area contributed by atoms with Crippen molar-refractivity contribution in [1.29, 1.82) is 0 Å². The zero-order valence-electron chi connectivity index (χ0n) is 15.9. The third-order valence-corrected chi connectivity index (χ3v) is 5.96. The maximum absolute atomic E-state index is 12.6. The maximum atomic E-state index is 12.6. The molecule has 0 aliphatic carbocycles. The van der Waals surface area contributed by atoms with Gasteiger partial charge in [-0.3, -0.25) is 4.79 Å². The molecule has 0 bridgehead atoms. The normalized spacial score (nSPS) is 12.4. The van der Waals surface area contributed by atoms with E-state index >= 15 is 0 Å². The van der Waals surface area contributed by atoms with Crippen LogP contribution in [0, 0.1) is 6.92 Å². The molecule has 1 aromatic carbocycles. The van der Waals surface area contributed by atoms with Crippen LogP contribution in [-0.4, -0.2) is 55.4 Å². The lowest BCUT2D eigenvalue weighted by atomic mass is 10.2. The van der Waals surface area contributed by atoms with Gasteiger partial charge in [-0.15, -0.1) is 0 Å². The Labute approximate surface area is 170 Å². The van der Waals surface area contributed by atoms with E-state index in [0.717, 1.165) is 5.56 Å². The standard InChI is InChI=1S/C18H25N5O3S2/c1-14-4-6-15(7-5-14)28(25,26)23-16(8-13-27-2)17(24)19-11-12-22-18-20-9-3-10-21-18/h3-7,9-10,16,23H,8,11-13H2,1-2H3,(H,19,24)(H,20,21,22). The van der Waals surface area contributed by atoms with Crippen LogP contribution in [0.3, 0.4) is 0 Å². The highest BCUT2D eigenvalue weighted by Crippen LogP contribution is 2.12. The summed E-state index contributed by atoms with van der Waals surface area (Å²) in [6, 6.07) is 7.39. The second kappa shape index (κ2) is 11.0. The van der Waals surface area contributed by atoms with Crippen LogP contribution in [0.4, 0.5) is 5.95 Å². The summed E-state index contributed by atoms with van der Waals surface area (Å²) in [6.45, 7) is 2.63. The number of nitrogens with zero attached hydrogens (tertiary/aromatic N) is 2. The molecule has 1 unspecified atom stereocenters. The molecule has 0 radical (unpaired) electrons. The van der Waals surface area contributed by atoms with Crippen LogP contribution in [0.15, 0.2) is 47.6 Å². The minimum absolute atomic E-state index is 0.142. The molecule has 0 saturated heterocycles. The van der Waals surface area contributed by atoms with Gasteiger partial charge in [0, 0.05) is 25.5 Å². The Balaban J connectivity index is 1.93. The monoisotopic (exact) mass is 423 g/mol. The molecule has 8 nitrogen and oxygen atoms in total. The number of aromatic nitrogens is 2. The van der Waals surface area contributed by atoms with E-state index in [9.17, 15) is 13.2 Å². The number of anilines is 1. The highest BCUT2D eigenvalue weighted by atomic mass is 32.2. The quantitative estimate of drug-likeness (QED) is 0.468. The van der Waals surface area contributed by atoms with E-state index < -0.39 is 16.1 Å². The summed E-state index contributed by atoms with van der Waals surface area (Å²) >= 11 is 1.55. The number of nitrogens with one attached hydrogen (secondary N) is 3. The van der Waals surface area contributed by atoms with Gasteiger partial charge in [-0.1, -0.05) is 17.7 Å². The van der Waals surface area contributed by atoms with Gasteiger partial charge in [-0.05, 0) is 43.6 Å². The highest BCUT2D eigenvalue weighted by molar-refractivity contribution is 7.98. The van der Waals surface area contributed by atoms with Crippen molar-refractivity contribution in [2.75, 3.05) is 30.4 Å². The van der Waals surface area contributed by atoms with Gasteiger partial charge in [0.2, 0.25) is 21.9 Å². The summed E-state index contributed by atoms with van der Waals surface area (Å²) < 4.78 is 27.7. The van der Waals surface area contributed by atoms with E-state index in [0.29, 0.717) is 31.2 Å². The fourth-order valence-corrected chi connectivity index (χ4v) is 4.03. The van der Waals surface area contributed by atoms with Crippen molar-refractivity contribution in [1.82, 2.24) is 20.0 Å². The number of rotatable bonds is 11. The van der Waals surface area contributed by atoms with Crippen molar-refractivity contribution in [2.24, 2.45) is 0 Å². The molecule has 0 aliphatic heterocycles. The van der Waals surface area contributed by atoms with E-state index in [1.807, 2.05) is 13.2 Å². The lowest BCUT2D eigenvalue weighted by molar-refractivity contribution is -0.122. The van der Waals surface area contributed by atoms with Gasteiger partial charge in [0.1, 0.15) is 6.04 Å². The molecule has 2 aromatic rings. The van der Waals surface area contributed by atoms with Crippen molar-refractivity contribution < 1.29 is 13.2 Å². The molecule has 1 atom stereocenters. The number of aryl methyl sites for hydroxylation is 1. The number of sulfonamides is 1. The van der Waals surface area contributed by atoms with Gasteiger partial charge in [0.15, 0.2) is 0 Å². The maximum Gasteiger partial charge on any atom is 0.241 e. The minimum Gasteiger partial charge on any atom is -0.353 e. The first kappa shape index (κ1) is 22.1. The molecule has 152 valence electrons. The predicted molar refractivity (Wildman–Crippen MR) is 112 cm³/mol. The second-order valence-corrected chi connectivity index (χ2v) is 8.76. The second-order valence-electron chi connectivity index (χ2n) is 6.06. The number of carbonyl (C=O) groups is 1. The first-order valence-electron chi connectivity index (χ1n) is 8.79. The molecule has 0 aliphatic rings. The minimum atomic E-state index is -3.78. The fraction of sp³-hybridized carbons (Fsp3) is 0.389. The Bertz CT molecular complexity index is 845. The summed E-state index contributed by atoms with van der Waals surface area (Å²) in [6.07, 6.45) is 5.54. The number of benzene rings is 1.